The number of aromatic nitrogens is 3. The minimum Gasteiger partial charge on any atom is -0.472 e. The summed E-state index contributed by atoms with van der Waals surface area (Å²) < 4.78 is 101. The number of nitrogens with two attached hydrogens (primary N) is 1. The summed E-state index contributed by atoms with van der Waals surface area (Å²) in [4.78, 5) is 14.6. The van der Waals surface area contributed by atoms with E-state index in [1.807, 2.05) is 11.8 Å². The Kier molecular flexibility index (Phi) is 7.05. The molecule has 3 N–H and O–H groups in total. The number of anilines is 1. The van der Waals surface area contributed by atoms with Gasteiger partial charge in [-0.15, -0.1) is 0 Å². The van der Waals surface area contributed by atoms with Gasteiger partial charge in [0.25, 0.3) is 0 Å². The molecule has 15 heteroatoms. The van der Waals surface area contributed by atoms with Gasteiger partial charge in [-0.3, -0.25) is 4.90 Å². The zero-order valence-electron chi connectivity index (χ0n) is 23.5. The highest BCUT2D eigenvalue weighted by atomic mass is 32.1. The first-order valence-corrected chi connectivity index (χ1v) is 15.1. The molecule has 0 radical (unpaired) electrons. The van der Waals surface area contributed by atoms with Gasteiger partial charge in [0.15, 0.2) is 10.9 Å². The molecule has 4 aromatic rings. The summed E-state index contributed by atoms with van der Waals surface area (Å²) >= 11 is 0.745. The van der Waals surface area contributed by atoms with E-state index < -0.39 is 52.3 Å². The number of hydrogen-bond acceptors (Lipinski definition) is 9. The summed E-state index contributed by atoms with van der Waals surface area (Å²) in [5, 5.41) is 2.82. The van der Waals surface area contributed by atoms with Crippen LogP contribution < -0.4 is 20.5 Å². The molecule has 7 rings (SSSR count). The number of nitrogens with zero attached hydrogens (tertiary/aromatic N) is 4. The summed E-state index contributed by atoms with van der Waals surface area (Å²) in [5.74, 6) is -2.34. The molecule has 8 nitrogen and oxygen atoms in total. The van der Waals surface area contributed by atoms with E-state index in [1.54, 1.807) is 0 Å². The van der Waals surface area contributed by atoms with Crippen molar-refractivity contribution in [1.82, 2.24) is 25.2 Å². The van der Waals surface area contributed by atoms with Crippen molar-refractivity contribution in [3.8, 4) is 23.0 Å². The summed E-state index contributed by atoms with van der Waals surface area (Å²) in [6, 6.07) is 2.52. The van der Waals surface area contributed by atoms with E-state index in [2.05, 4.69) is 20.3 Å². The Balaban J connectivity index is 1.40. The lowest BCUT2D eigenvalue weighted by molar-refractivity contribution is -0.137. The van der Waals surface area contributed by atoms with Crippen LogP contribution in [-0.4, -0.2) is 69.9 Å². The first kappa shape index (κ1) is 29.3. The second-order valence-corrected chi connectivity index (χ2v) is 12.8. The lowest BCUT2D eigenvalue weighted by atomic mass is 9.95. The minimum atomic E-state index is -5.03. The van der Waals surface area contributed by atoms with Gasteiger partial charge in [0, 0.05) is 43.1 Å². The Morgan fingerprint density at radius 2 is 2.00 bits per heavy atom. The van der Waals surface area contributed by atoms with Crippen LogP contribution in [0.2, 0.25) is 0 Å². The maximum Gasteiger partial charge on any atom is 0.417 e. The maximum atomic E-state index is 16.6. The Morgan fingerprint density at radius 3 is 2.75 bits per heavy atom. The lowest BCUT2D eigenvalue weighted by Crippen LogP contribution is -2.43. The van der Waals surface area contributed by atoms with Gasteiger partial charge in [0.2, 0.25) is 5.88 Å². The molecule has 2 aromatic heterocycles. The van der Waals surface area contributed by atoms with Crippen molar-refractivity contribution in [2.45, 2.75) is 62.6 Å². The van der Waals surface area contributed by atoms with Gasteiger partial charge in [-0.05, 0) is 44.5 Å². The van der Waals surface area contributed by atoms with Crippen LogP contribution in [0.5, 0.6) is 11.9 Å². The molecule has 0 aliphatic carbocycles. The van der Waals surface area contributed by atoms with Gasteiger partial charge in [0.1, 0.15) is 30.2 Å². The molecule has 0 amide bonds. The molecule has 4 atom stereocenters. The third-order valence-electron chi connectivity index (χ3n) is 8.78. The van der Waals surface area contributed by atoms with Crippen molar-refractivity contribution in [3.05, 3.63) is 35.4 Å². The molecule has 3 aliphatic rings. The van der Waals surface area contributed by atoms with E-state index in [9.17, 15) is 22.0 Å². The fourth-order valence-electron chi connectivity index (χ4n) is 6.80. The van der Waals surface area contributed by atoms with Crippen LogP contribution >= 0.6 is 11.3 Å². The third-order valence-corrected chi connectivity index (χ3v) is 9.67. The number of rotatable bonds is 6. The Labute approximate surface area is 251 Å². The summed E-state index contributed by atoms with van der Waals surface area (Å²) in [6.45, 7) is 3.37. The zero-order chi connectivity index (χ0) is 31.0. The highest BCUT2D eigenvalue weighted by molar-refractivity contribution is 7.22. The molecule has 2 aromatic carbocycles. The number of fused-ring (bicyclic) bond motifs is 3. The fraction of sp³-hybridized carbons (Fsp3) is 0.483. The molecule has 3 saturated heterocycles. The average Bonchev–Trinajstić information content (AvgIpc) is 3.71. The maximum absolute atomic E-state index is 16.6. The first-order valence-electron chi connectivity index (χ1n) is 14.3. The van der Waals surface area contributed by atoms with Crippen LogP contribution in [0.1, 0.15) is 38.2 Å². The summed E-state index contributed by atoms with van der Waals surface area (Å²) in [5.41, 5.74) is 2.03. The average molecular weight is 639 g/mol. The number of thiazole rings is 1. The molecule has 0 unspecified atom stereocenters. The molecular formula is C29H28F6N6O2S. The quantitative estimate of drug-likeness (QED) is 0.253. The number of ether oxygens (including phenoxy) is 2. The molecule has 0 saturated carbocycles. The molecule has 0 bridgehead atoms. The number of nitrogen functional groups attached to an aromatic ring is 1. The van der Waals surface area contributed by atoms with Crippen LogP contribution in [0.3, 0.4) is 0 Å². The monoisotopic (exact) mass is 638 g/mol. The second kappa shape index (κ2) is 10.6. The largest absolute Gasteiger partial charge is 0.472 e. The standard InChI is InChI=1S/C29H28F6N6O2S/c1-13-7-15(10-37-13)43-25-17-8-18(29(33,34)35)20(16-3-4-19(31)24-23(16)38-26(36)44-24)21(32)22(17)39-27(40-25)42-12-28-5-2-6-41(28)11-14(30)9-28/h3-4,8,13-15,37H,2,5-7,9-12H2,1H3,(H2,36,38)/t13-,14+,15+,28-/m0/s1. The van der Waals surface area contributed by atoms with Crippen molar-refractivity contribution in [3.63, 3.8) is 0 Å². The zero-order valence-corrected chi connectivity index (χ0v) is 24.3. The SMILES string of the molecule is C[C@H]1C[C@@H](Oc2nc(OC[C@@]34CCCN3C[C@H](F)C4)nc3c(F)c(-c4ccc(F)c5sc(N)nc45)c(C(F)(F)F)cc23)CN1. The van der Waals surface area contributed by atoms with Gasteiger partial charge >= 0.3 is 12.2 Å². The highest BCUT2D eigenvalue weighted by Crippen LogP contribution is 2.46. The van der Waals surface area contributed by atoms with Crippen LogP contribution in [0, 0.1) is 11.6 Å². The van der Waals surface area contributed by atoms with Gasteiger partial charge in [-0.25, -0.2) is 18.2 Å². The van der Waals surface area contributed by atoms with Gasteiger partial charge in [-0.1, -0.05) is 11.3 Å². The summed E-state index contributed by atoms with van der Waals surface area (Å²) in [7, 11) is 0. The van der Waals surface area contributed by atoms with Gasteiger partial charge < -0.3 is 20.5 Å². The predicted molar refractivity (Wildman–Crippen MR) is 153 cm³/mol. The van der Waals surface area contributed by atoms with Crippen LogP contribution in [0.4, 0.5) is 31.5 Å². The number of nitrogens with one attached hydrogen (secondary N) is 1. The lowest BCUT2D eigenvalue weighted by Gasteiger charge is -2.30. The molecule has 5 heterocycles. The number of alkyl halides is 4. The minimum absolute atomic E-state index is 0.0200. The fourth-order valence-corrected chi connectivity index (χ4v) is 7.57. The van der Waals surface area contributed by atoms with E-state index >= 15 is 4.39 Å². The van der Waals surface area contributed by atoms with E-state index in [0.717, 1.165) is 42.5 Å². The van der Waals surface area contributed by atoms with Crippen molar-refractivity contribution >= 4 is 37.6 Å². The first-order chi connectivity index (χ1) is 20.9. The van der Waals surface area contributed by atoms with Crippen LogP contribution in [0.25, 0.3) is 32.2 Å². The van der Waals surface area contributed by atoms with E-state index in [1.165, 1.54) is 0 Å². The Morgan fingerprint density at radius 1 is 1.18 bits per heavy atom. The normalized spacial score (nSPS) is 25.8. The Bertz CT molecular complexity index is 1770. The summed E-state index contributed by atoms with van der Waals surface area (Å²) in [6.07, 6.45) is -4.13. The van der Waals surface area contributed by atoms with Gasteiger partial charge in [-0.2, -0.15) is 23.1 Å². The van der Waals surface area contributed by atoms with Crippen molar-refractivity contribution in [2.24, 2.45) is 0 Å². The smallest absolute Gasteiger partial charge is 0.417 e. The van der Waals surface area contributed by atoms with Crippen molar-refractivity contribution in [1.29, 1.82) is 0 Å². The van der Waals surface area contributed by atoms with Crippen molar-refractivity contribution in [2.75, 3.05) is 32.0 Å². The van der Waals surface area contributed by atoms with E-state index in [0.29, 0.717) is 19.4 Å². The van der Waals surface area contributed by atoms with Gasteiger partial charge in [0.05, 0.1) is 26.7 Å². The third kappa shape index (κ3) is 4.98. The molecule has 3 aliphatic heterocycles. The predicted octanol–water partition coefficient (Wildman–Crippen LogP) is 5.87. The topological polar surface area (TPSA) is 98.4 Å². The van der Waals surface area contributed by atoms with Crippen LogP contribution in [0.15, 0.2) is 18.2 Å². The molecule has 234 valence electrons. The molecular weight excluding hydrogens is 610 g/mol. The number of benzene rings is 2. The Hall–Kier alpha value is -3.43. The van der Waals surface area contributed by atoms with Crippen molar-refractivity contribution < 1.29 is 35.8 Å². The van der Waals surface area contributed by atoms with E-state index in [4.69, 9.17) is 15.2 Å². The molecule has 0 spiro atoms. The second-order valence-electron chi connectivity index (χ2n) is 11.8. The van der Waals surface area contributed by atoms with E-state index in [-0.39, 0.29) is 63.8 Å². The molecule has 3 fully saturated rings. The van der Waals surface area contributed by atoms with Crippen LogP contribution in [-0.2, 0) is 6.18 Å². The molecule has 44 heavy (non-hydrogen) atoms. The number of halogens is 6. The highest BCUT2D eigenvalue weighted by Gasteiger charge is 2.49. The number of hydrogen-bond donors (Lipinski definition) is 2.